The molecule has 0 unspecified atom stereocenters. The standard InChI is InChI=1S/C16H24O2/c1-12-4-3-5-13(2)16(12)11-18-15-8-6-14(10-17)7-9-15/h3-5,14-15,17H,6-11H2,1-2H3. The molecule has 1 aromatic rings. The SMILES string of the molecule is Cc1cccc(C)c1COC1CCC(CO)CC1. The Morgan fingerprint density at radius 3 is 2.28 bits per heavy atom. The Hall–Kier alpha value is -0.860. The molecule has 0 aromatic heterocycles. The second kappa shape index (κ2) is 6.35. The molecule has 0 bridgehead atoms. The number of ether oxygens (including phenoxy) is 1. The molecule has 0 saturated heterocycles. The first kappa shape index (κ1) is 13.6. The minimum absolute atomic E-state index is 0.337. The van der Waals surface area contributed by atoms with Gasteiger partial charge in [-0.15, -0.1) is 0 Å². The van der Waals surface area contributed by atoms with E-state index >= 15 is 0 Å². The zero-order chi connectivity index (χ0) is 13.0. The molecule has 0 spiro atoms. The van der Waals surface area contributed by atoms with Crippen LogP contribution in [-0.2, 0) is 11.3 Å². The minimum atomic E-state index is 0.337. The van der Waals surface area contributed by atoms with Crippen LogP contribution in [0.1, 0.15) is 42.4 Å². The van der Waals surface area contributed by atoms with E-state index in [0.717, 1.165) is 32.3 Å². The number of aliphatic hydroxyl groups excluding tert-OH is 1. The van der Waals surface area contributed by atoms with Crippen molar-refractivity contribution in [3.05, 3.63) is 34.9 Å². The fourth-order valence-electron chi connectivity index (χ4n) is 2.76. The van der Waals surface area contributed by atoms with Crippen LogP contribution >= 0.6 is 0 Å². The summed E-state index contributed by atoms with van der Waals surface area (Å²) < 4.78 is 6.04. The highest BCUT2D eigenvalue weighted by Crippen LogP contribution is 2.27. The lowest BCUT2D eigenvalue weighted by atomic mass is 9.88. The van der Waals surface area contributed by atoms with E-state index in [4.69, 9.17) is 9.84 Å². The van der Waals surface area contributed by atoms with Gasteiger partial charge in [0, 0.05) is 6.61 Å². The van der Waals surface area contributed by atoms with Crippen LogP contribution in [0, 0.1) is 19.8 Å². The van der Waals surface area contributed by atoms with Gasteiger partial charge in [-0.1, -0.05) is 18.2 Å². The van der Waals surface area contributed by atoms with Crippen molar-refractivity contribution in [3.8, 4) is 0 Å². The van der Waals surface area contributed by atoms with Crippen molar-refractivity contribution in [2.75, 3.05) is 6.61 Å². The molecule has 100 valence electrons. The number of hydrogen-bond donors (Lipinski definition) is 1. The van der Waals surface area contributed by atoms with Crippen molar-refractivity contribution < 1.29 is 9.84 Å². The lowest BCUT2D eigenvalue weighted by Gasteiger charge is -2.27. The lowest BCUT2D eigenvalue weighted by molar-refractivity contribution is 0.000834. The van der Waals surface area contributed by atoms with E-state index < -0.39 is 0 Å². The Balaban J connectivity index is 1.85. The summed E-state index contributed by atoms with van der Waals surface area (Å²) in [5, 5.41) is 9.12. The molecule has 0 amide bonds. The summed E-state index contributed by atoms with van der Waals surface area (Å²) in [6.45, 7) is 5.36. The molecule has 0 heterocycles. The predicted octanol–water partition coefficient (Wildman–Crippen LogP) is 3.37. The Kier molecular flexibility index (Phi) is 4.79. The van der Waals surface area contributed by atoms with Crippen molar-refractivity contribution in [2.24, 2.45) is 5.92 Å². The van der Waals surface area contributed by atoms with Gasteiger partial charge in [-0.25, -0.2) is 0 Å². The zero-order valence-electron chi connectivity index (χ0n) is 11.5. The Morgan fingerprint density at radius 1 is 1.11 bits per heavy atom. The topological polar surface area (TPSA) is 29.5 Å². The molecule has 1 aliphatic carbocycles. The molecule has 2 heteroatoms. The van der Waals surface area contributed by atoms with Gasteiger partial charge in [-0.05, 0) is 62.1 Å². The molecule has 1 saturated carbocycles. The van der Waals surface area contributed by atoms with Crippen LogP contribution in [0.4, 0.5) is 0 Å². The van der Waals surface area contributed by atoms with Crippen LogP contribution < -0.4 is 0 Å². The summed E-state index contributed by atoms with van der Waals surface area (Å²) in [5.74, 6) is 0.505. The van der Waals surface area contributed by atoms with Crippen molar-refractivity contribution in [1.82, 2.24) is 0 Å². The molecule has 0 radical (unpaired) electrons. The summed E-state index contributed by atoms with van der Waals surface area (Å²) in [4.78, 5) is 0. The van der Waals surface area contributed by atoms with Gasteiger partial charge in [0.2, 0.25) is 0 Å². The first-order chi connectivity index (χ1) is 8.70. The number of hydrogen-bond acceptors (Lipinski definition) is 2. The van der Waals surface area contributed by atoms with E-state index in [2.05, 4.69) is 32.0 Å². The second-order valence-electron chi connectivity index (χ2n) is 5.51. The quantitative estimate of drug-likeness (QED) is 0.885. The van der Waals surface area contributed by atoms with Crippen LogP contribution in [-0.4, -0.2) is 17.8 Å². The fourth-order valence-corrected chi connectivity index (χ4v) is 2.76. The van der Waals surface area contributed by atoms with Crippen LogP contribution in [0.15, 0.2) is 18.2 Å². The van der Waals surface area contributed by atoms with Gasteiger partial charge in [-0.3, -0.25) is 0 Å². The average molecular weight is 248 g/mol. The van der Waals surface area contributed by atoms with Crippen molar-refractivity contribution in [2.45, 2.75) is 52.2 Å². The molecule has 0 aliphatic heterocycles. The van der Waals surface area contributed by atoms with E-state index in [1.807, 2.05) is 0 Å². The average Bonchev–Trinajstić information content (AvgIpc) is 2.39. The highest BCUT2D eigenvalue weighted by Gasteiger charge is 2.21. The maximum absolute atomic E-state index is 9.12. The molecule has 1 aliphatic rings. The van der Waals surface area contributed by atoms with Crippen LogP contribution in [0.25, 0.3) is 0 Å². The van der Waals surface area contributed by atoms with Gasteiger partial charge in [0.1, 0.15) is 0 Å². The molecule has 2 rings (SSSR count). The predicted molar refractivity (Wildman–Crippen MR) is 73.5 cm³/mol. The molecular formula is C16H24O2. The largest absolute Gasteiger partial charge is 0.396 e. The van der Waals surface area contributed by atoms with Gasteiger partial charge in [0.15, 0.2) is 0 Å². The fraction of sp³-hybridized carbons (Fsp3) is 0.625. The van der Waals surface area contributed by atoms with E-state index in [1.165, 1.54) is 16.7 Å². The molecule has 2 nitrogen and oxygen atoms in total. The number of benzene rings is 1. The maximum Gasteiger partial charge on any atom is 0.0725 e. The molecule has 0 atom stereocenters. The van der Waals surface area contributed by atoms with Crippen molar-refractivity contribution in [3.63, 3.8) is 0 Å². The Bertz CT molecular complexity index is 358. The molecule has 1 fully saturated rings. The van der Waals surface area contributed by atoms with Crippen LogP contribution in [0.2, 0.25) is 0 Å². The molecule has 1 N–H and O–H groups in total. The minimum Gasteiger partial charge on any atom is -0.396 e. The van der Waals surface area contributed by atoms with E-state index in [0.29, 0.717) is 18.6 Å². The maximum atomic E-state index is 9.12. The summed E-state index contributed by atoms with van der Waals surface area (Å²) in [6.07, 6.45) is 4.78. The van der Waals surface area contributed by atoms with Gasteiger partial charge in [0.25, 0.3) is 0 Å². The third kappa shape index (κ3) is 3.33. The van der Waals surface area contributed by atoms with Gasteiger partial charge in [-0.2, -0.15) is 0 Å². The number of aliphatic hydroxyl groups is 1. The van der Waals surface area contributed by atoms with Crippen molar-refractivity contribution >= 4 is 0 Å². The lowest BCUT2D eigenvalue weighted by Crippen LogP contribution is -2.23. The third-order valence-electron chi connectivity index (χ3n) is 4.16. The Labute approximate surface area is 110 Å². The first-order valence-electron chi connectivity index (χ1n) is 6.98. The second-order valence-corrected chi connectivity index (χ2v) is 5.51. The normalized spacial score (nSPS) is 24.2. The van der Waals surface area contributed by atoms with Gasteiger partial charge >= 0.3 is 0 Å². The number of rotatable bonds is 4. The molecule has 1 aromatic carbocycles. The monoisotopic (exact) mass is 248 g/mol. The van der Waals surface area contributed by atoms with E-state index in [-0.39, 0.29) is 0 Å². The van der Waals surface area contributed by atoms with Crippen molar-refractivity contribution in [1.29, 1.82) is 0 Å². The summed E-state index contributed by atoms with van der Waals surface area (Å²) in [6, 6.07) is 6.39. The van der Waals surface area contributed by atoms with Gasteiger partial charge < -0.3 is 9.84 Å². The van der Waals surface area contributed by atoms with Crippen LogP contribution in [0.3, 0.4) is 0 Å². The molecule has 18 heavy (non-hydrogen) atoms. The summed E-state index contributed by atoms with van der Waals surface area (Å²) in [5.41, 5.74) is 3.97. The van der Waals surface area contributed by atoms with E-state index in [1.54, 1.807) is 0 Å². The zero-order valence-corrected chi connectivity index (χ0v) is 11.5. The van der Waals surface area contributed by atoms with Gasteiger partial charge in [0.05, 0.1) is 12.7 Å². The third-order valence-corrected chi connectivity index (χ3v) is 4.16. The highest BCUT2D eigenvalue weighted by molar-refractivity contribution is 5.32. The Morgan fingerprint density at radius 2 is 1.72 bits per heavy atom. The first-order valence-corrected chi connectivity index (χ1v) is 6.98. The summed E-state index contributed by atoms with van der Waals surface area (Å²) in [7, 11) is 0. The summed E-state index contributed by atoms with van der Waals surface area (Å²) >= 11 is 0. The highest BCUT2D eigenvalue weighted by atomic mass is 16.5. The number of aryl methyl sites for hydroxylation is 2. The smallest absolute Gasteiger partial charge is 0.0725 e. The van der Waals surface area contributed by atoms with Crippen LogP contribution in [0.5, 0.6) is 0 Å². The van der Waals surface area contributed by atoms with E-state index in [9.17, 15) is 0 Å². The molecular weight excluding hydrogens is 224 g/mol.